The Kier molecular flexibility index (Phi) is 11.6. The predicted octanol–water partition coefficient (Wildman–Crippen LogP) is 12.9. The highest BCUT2D eigenvalue weighted by atomic mass is 16.5. The van der Waals surface area contributed by atoms with Gasteiger partial charge in [-0.3, -0.25) is 0 Å². The molecule has 0 bridgehead atoms. The smallest absolute Gasteiger partial charge is 0.120 e. The molecule has 0 radical (unpaired) electrons. The maximum absolute atomic E-state index is 6.53. The van der Waals surface area contributed by atoms with Crippen molar-refractivity contribution < 1.29 is 14.2 Å². The fourth-order valence-corrected chi connectivity index (χ4v) is 6.79. The molecule has 0 unspecified atom stereocenters. The van der Waals surface area contributed by atoms with Crippen LogP contribution in [0.4, 0.5) is 0 Å². The van der Waals surface area contributed by atoms with Crippen LogP contribution in [0, 0.1) is 16.2 Å². The standard InChI is InChI=1S/C46H64O3/c1-17-40(4,5)32-43(10,11)47-37-26-20-34(21-27-37)46(16,36-24-30-39(31-25-36)49-45(14,15)42(8,9)19-3)35-22-28-38(29-23-35)48-44(12,13)33-41(6,7)18-2/h17-31H,1-3,32-33H2,4-16H3. The number of ether oxygens (including phenoxy) is 3. The van der Waals surface area contributed by atoms with Gasteiger partial charge in [-0.15, -0.1) is 19.7 Å². The van der Waals surface area contributed by atoms with E-state index in [-0.39, 0.29) is 27.4 Å². The summed E-state index contributed by atoms with van der Waals surface area (Å²) in [6.07, 6.45) is 7.68. The normalized spacial score (nSPS) is 13.4. The van der Waals surface area contributed by atoms with Crippen LogP contribution in [0.25, 0.3) is 0 Å². The van der Waals surface area contributed by atoms with E-state index in [2.05, 4.69) is 183 Å². The largest absolute Gasteiger partial charge is 0.488 e. The SMILES string of the molecule is C=CC(C)(C)CC(C)(C)Oc1ccc(C(C)(c2ccc(OC(C)(C)CC(C)(C)C=C)cc2)c2ccc(OC(C)(C)C(C)(C)C=C)cc2)cc1. The first kappa shape index (κ1) is 39.7. The Bertz CT molecular complexity index is 1480. The quantitative estimate of drug-likeness (QED) is 0.106. The van der Waals surface area contributed by atoms with Crippen molar-refractivity contribution in [3.63, 3.8) is 0 Å². The summed E-state index contributed by atoms with van der Waals surface area (Å²) in [6, 6.07) is 25.7. The van der Waals surface area contributed by atoms with Gasteiger partial charge in [-0.2, -0.15) is 0 Å². The van der Waals surface area contributed by atoms with E-state index in [9.17, 15) is 0 Å². The van der Waals surface area contributed by atoms with Crippen LogP contribution in [0.15, 0.2) is 111 Å². The van der Waals surface area contributed by atoms with E-state index >= 15 is 0 Å². The van der Waals surface area contributed by atoms with Crippen LogP contribution >= 0.6 is 0 Å². The number of hydrogen-bond acceptors (Lipinski definition) is 3. The molecule has 0 N–H and O–H groups in total. The summed E-state index contributed by atoms with van der Waals surface area (Å²) >= 11 is 0. The monoisotopic (exact) mass is 664 g/mol. The summed E-state index contributed by atoms with van der Waals surface area (Å²) in [7, 11) is 0. The second-order valence-corrected chi connectivity index (χ2v) is 17.7. The van der Waals surface area contributed by atoms with Crippen LogP contribution in [0.1, 0.15) is 120 Å². The van der Waals surface area contributed by atoms with Gasteiger partial charge in [0.25, 0.3) is 0 Å². The van der Waals surface area contributed by atoms with Crippen molar-refractivity contribution in [2.75, 3.05) is 0 Å². The molecular weight excluding hydrogens is 601 g/mol. The first-order valence-electron chi connectivity index (χ1n) is 17.7. The molecule has 0 saturated heterocycles. The van der Waals surface area contributed by atoms with Gasteiger partial charge in [0, 0.05) is 10.8 Å². The lowest BCUT2D eigenvalue weighted by Crippen LogP contribution is -2.43. The number of hydrogen-bond donors (Lipinski definition) is 0. The molecule has 0 atom stereocenters. The van der Waals surface area contributed by atoms with Gasteiger partial charge in [0.15, 0.2) is 0 Å². The molecule has 0 aliphatic carbocycles. The Morgan fingerprint density at radius 1 is 0.429 bits per heavy atom. The van der Waals surface area contributed by atoms with Gasteiger partial charge in [-0.1, -0.05) is 96.2 Å². The van der Waals surface area contributed by atoms with Gasteiger partial charge < -0.3 is 14.2 Å². The van der Waals surface area contributed by atoms with E-state index in [4.69, 9.17) is 14.2 Å². The summed E-state index contributed by atoms with van der Waals surface area (Å²) in [5.41, 5.74) is 1.61. The molecule has 3 aromatic rings. The maximum Gasteiger partial charge on any atom is 0.120 e. The number of benzene rings is 3. The summed E-state index contributed by atoms with van der Waals surface area (Å²) in [6.45, 7) is 40.2. The third-order valence-corrected chi connectivity index (χ3v) is 10.4. The van der Waals surface area contributed by atoms with Gasteiger partial charge in [-0.05, 0) is 125 Å². The average Bonchev–Trinajstić information content (AvgIpc) is 3.00. The second-order valence-electron chi connectivity index (χ2n) is 17.7. The van der Waals surface area contributed by atoms with Crippen LogP contribution in [-0.2, 0) is 5.41 Å². The Labute approximate surface area is 299 Å². The van der Waals surface area contributed by atoms with Crippen LogP contribution in [0.5, 0.6) is 17.2 Å². The van der Waals surface area contributed by atoms with Crippen molar-refractivity contribution in [2.45, 2.75) is 125 Å². The van der Waals surface area contributed by atoms with Crippen molar-refractivity contribution in [3.05, 3.63) is 127 Å². The highest BCUT2D eigenvalue weighted by Crippen LogP contribution is 2.43. The van der Waals surface area contributed by atoms with Crippen molar-refractivity contribution in [1.82, 2.24) is 0 Å². The highest BCUT2D eigenvalue weighted by Gasteiger charge is 2.37. The highest BCUT2D eigenvalue weighted by molar-refractivity contribution is 5.52. The van der Waals surface area contributed by atoms with Gasteiger partial charge in [0.2, 0.25) is 0 Å². The molecule has 3 aromatic carbocycles. The van der Waals surface area contributed by atoms with Crippen LogP contribution in [0.2, 0.25) is 0 Å². The molecule has 0 aromatic heterocycles. The molecule has 0 fully saturated rings. The fraction of sp³-hybridized carbons (Fsp3) is 0.478. The topological polar surface area (TPSA) is 27.7 Å². The molecule has 266 valence electrons. The maximum atomic E-state index is 6.53. The summed E-state index contributed by atoms with van der Waals surface area (Å²) < 4.78 is 19.6. The van der Waals surface area contributed by atoms with Crippen LogP contribution in [0.3, 0.4) is 0 Å². The third kappa shape index (κ3) is 9.93. The lowest BCUT2D eigenvalue weighted by atomic mass is 9.71. The molecule has 0 spiro atoms. The van der Waals surface area contributed by atoms with Crippen LogP contribution in [-0.4, -0.2) is 16.8 Å². The lowest BCUT2D eigenvalue weighted by Gasteiger charge is -2.39. The first-order valence-corrected chi connectivity index (χ1v) is 17.7. The van der Waals surface area contributed by atoms with Gasteiger partial charge in [0.05, 0.1) is 0 Å². The van der Waals surface area contributed by atoms with E-state index in [0.29, 0.717) is 0 Å². The van der Waals surface area contributed by atoms with Gasteiger partial charge >= 0.3 is 0 Å². The molecule has 3 nitrogen and oxygen atoms in total. The Morgan fingerprint density at radius 3 is 0.980 bits per heavy atom. The van der Waals surface area contributed by atoms with Crippen molar-refractivity contribution in [1.29, 1.82) is 0 Å². The second kappa shape index (κ2) is 14.3. The molecule has 49 heavy (non-hydrogen) atoms. The van der Waals surface area contributed by atoms with E-state index < -0.39 is 11.0 Å². The molecule has 3 rings (SSSR count). The zero-order valence-corrected chi connectivity index (χ0v) is 32.9. The van der Waals surface area contributed by atoms with Crippen molar-refractivity contribution >= 4 is 0 Å². The minimum Gasteiger partial charge on any atom is -0.488 e. The minimum absolute atomic E-state index is 0.0263. The third-order valence-electron chi connectivity index (χ3n) is 10.4. The first-order chi connectivity index (χ1) is 22.4. The minimum atomic E-state index is -0.466. The Morgan fingerprint density at radius 2 is 0.714 bits per heavy atom. The number of rotatable bonds is 17. The lowest BCUT2D eigenvalue weighted by molar-refractivity contribution is 0.0184. The van der Waals surface area contributed by atoms with E-state index in [1.165, 1.54) is 0 Å². The Balaban J connectivity index is 2.03. The molecule has 0 amide bonds. The van der Waals surface area contributed by atoms with Gasteiger partial charge in [0.1, 0.15) is 34.1 Å². The summed E-state index contributed by atoms with van der Waals surface area (Å²) in [5.74, 6) is 2.52. The summed E-state index contributed by atoms with van der Waals surface area (Å²) in [5, 5.41) is 0. The van der Waals surface area contributed by atoms with E-state index in [0.717, 1.165) is 46.8 Å². The molecule has 3 heteroatoms. The molecular formula is C46H64O3. The van der Waals surface area contributed by atoms with Crippen molar-refractivity contribution in [2.24, 2.45) is 16.2 Å². The molecule has 0 heterocycles. The number of allylic oxidation sites excluding steroid dienone is 2. The fourth-order valence-electron chi connectivity index (χ4n) is 6.79. The zero-order chi connectivity index (χ0) is 37.1. The van der Waals surface area contributed by atoms with Crippen molar-refractivity contribution in [3.8, 4) is 17.2 Å². The molecule has 0 aliphatic heterocycles. The van der Waals surface area contributed by atoms with E-state index in [1.54, 1.807) is 0 Å². The average molecular weight is 665 g/mol. The van der Waals surface area contributed by atoms with Crippen LogP contribution < -0.4 is 14.2 Å². The predicted molar refractivity (Wildman–Crippen MR) is 210 cm³/mol. The molecule has 0 aliphatic rings. The van der Waals surface area contributed by atoms with Gasteiger partial charge in [-0.25, -0.2) is 0 Å². The van der Waals surface area contributed by atoms with E-state index in [1.807, 2.05) is 18.2 Å². The zero-order valence-electron chi connectivity index (χ0n) is 32.9. The summed E-state index contributed by atoms with van der Waals surface area (Å²) in [4.78, 5) is 0. The molecule has 0 saturated carbocycles. The Hall–Kier alpha value is -3.72.